The summed E-state index contributed by atoms with van der Waals surface area (Å²) in [7, 11) is 1.37. The monoisotopic (exact) mass is 407 g/mol. The molecular formula is C15H10Cl2F3N3O3. The molecule has 0 aliphatic carbocycles. The Balaban J connectivity index is 2.77. The van der Waals surface area contributed by atoms with E-state index in [2.05, 4.69) is 10.5 Å². The summed E-state index contributed by atoms with van der Waals surface area (Å²) in [6.45, 7) is 0. The van der Waals surface area contributed by atoms with Crippen molar-refractivity contribution in [3.8, 4) is 5.75 Å². The van der Waals surface area contributed by atoms with Crippen LogP contribution in [0.15, 0.2) is 35.4 Å². The molecule has 2 aromatic rings. The summed E-state index contributed by atoms with van der Waals surface area (Å²) in [6.07, 6.45) is -4.76. The van der Waals surface area contributed by atoms with E-state index >= 15 is 0 Å². The van der Waals surface area contributed by atoms with Gasteiger partial charge in [-0.1, -0.05) is 23.2 Å². The molecule has 138 valence electrons. The van der Waals surface area contributed by atoms with Crippen LogP contribution in [0.1, 0.15) is 16.7 Å². The van der Waals surface area contributed by atoms with E-state index < -0.39 is 28.1 Å². The van der Waals surface area contributed by atoms with E-state index in [0.717, 1.165) is 6.07 Å². The smallest absolute Gasteiger partial charge is 0.416 e. The highest BCUT2D eigenvalue weighted by atomic mass is 35.5. The maximum absolute atomic E-state index is 12.9. The van der Waals surface area contributed by atoms with Crippen LogP contribution in [0.3, 0.4) is 0 Å². The van der Waals surface area contributed by atoms with Crippen molar-refractivity contribution in [2.45, 2.75) is 6.18 Å². The molecule has 0 aliphatic heterocycles. The summed E-state index contributed by atoms with van der Waals surface area (Å²) < 4.78 is 38.6. The number of hydrazone groups is 1. The van der Waals surface area contributed by atoms with Gasteiger partial charge in [-0.2, -0.15) is 18.3 Å². The molecule has 0 saturated carbocycles. The molecule has 0 fully saturated rings. The number of hydrogen-bond acceptors (Lipinski definition) is 5. The number of nitro groups is 1. The second kappa shape index (κ2) is 7.38. The number of hydrogen-bond donors (Lipinski definition) is 2. The quantitative estimate of drug-likeness (QED) is 0.440. The van der Waals surface area contributed by atoms with E-state index in [0.29, 0.717) is 12.1 Å². The molecular weight excluding hydrogens is 398 g/mol. The van der Waals surface area contributed by atoms with E-state index in [-0.39, 0.29) is 26.9 Å². The van der Waals surface area contributed by atoms with E-state index in [9.17, 15) is 28.4 Å². The third-order valence-electron chi connectivity index (χ3n) is 3.28. The fraction of sp³-hybridized carbons (Fsp3) is 0.133. The molecule has 2 rings (SSSR count). The van der Waals surface area contributed by atoms with Gasteiger partial charge in [0.15, 0.2) is 0 Å². The fourth-order valence-electron chi connectivity index (χ4n) is 2.18. The lowest BCUT2D eigenvalue weighted by atomic mass is 9.98. The van der Waals surface area contributed by atoms with Crippen LogP contribution < -0.4 is 5.43 Å². The van der Waals surface area contributed by atoms with Crippen molar-refractivity contribution in [3.63, 3.8) is 0 Å². The molecule has 0 radical (unpaired) electrons. The third kappa shape index (κ3) is 4.00. The second-order valence-electron chi connectivity index (χ2n) is 4.95. The zero-order chi connectivity index (χ0) is 19.6. The maximum Gasteiger partial charge on any atom is 0.416 e. The number of halogens is 5. The third-order valence-corrected chi connectivity index (χ3v) is 3.79. The van der Waals surface area contributed by atoms with Gasteiger partial charge in [-0.3, -0.25) is 10.1 Å². The van der Waals surface area contributed by atoms with Crippen LogP contribution in [0.25, 0.3) is 0 Å². The Kier molecular flexibility index (Phi) is 5.62. The molecule has 0 amide bonds. The Bertz CT molecular complexity index is 902. The molecule has 11 heteroatoms. The fourth-order valence-corrected chi connectivity index (χ4v) is 2.68. The molecule has 0 atom stereocenters. The first-order chi connectivity index (χ1) is 12.1. The summed E-state index contributed by atoms with van der Waals surface area (Å²) in [4.78, 5) is 10.3. The molecule has 26 heavy (non-hydrogen) atoms. The molecule has 0 unspecified atom stereocenters. The van der Waals surface area contributed by atoms with Crippen LogP contribution in [0, 0.1) is 10.1 Å². The molecule has 0 saturated heterocycles. The lowest BCUT2D eigenvalue weighted by Gasteiger charge is -2.13. The van der Waals surface area contributed by atoms with Crippen molar-refractivity contribution in [1.82, 2.24) is 5.43 Å². The Hall–Kier alpha value is -2.52. The predicted octanol–water partition coefficient (Wildman–Crippen LogP) is 4.60. The number of benzene rings is 2. The largest absolute Gasteiger partial charge is 0.506 e. The number of nitrogens with one attached hydrogen (secondary N) is 1. The lowest BCUT2D eigenvalue weighted by Crippen LogP contribution is -2.13. The van der Waals surface area contributed by atoms with Crippen molar-refractivity contribution in [2.24, 2.45) is 5.10 Å². The van der Waals surface area contributed by atoms with E-state index in [1.165, 1.54) is 19.2 Å². The van der Waals surface area contributed by atoms with Gasteiger partial charge < -0.3 is 10.5 Å². The van der Waals surface area contributed by atoms with Crippen LogP contribution in [0.4, 0.5) is 18.9 Å². The number of nitro benzene ring substituents is 1. The van der Waals surface area contributed by atoms with Gasteiger partial charge in [-0.25, -0.2) is 0 Å². The average Bonchev–Trinajstić information content (AvgIpc) is 2.54. The van der Waals surface area contributed by atoms with E-state index in [1.807, 2.05) is 0 Å². The second-order valence-corrected chi connectivity index (χ2v) is 5.80. The summed E-state index contributed by atoms with van der Waals surface area (Å²) >= 11 is 11.7. The zero-order valence-electron chi connectivity index (χ0n) is 12.9. The first kappa shape index (κ1) is 19.8. The van der Waals surface area contributed by atoms with Crippen molar-refractivity contribution in [3.05, 3.63) is 67.2 Å². The normalized spacial score (nSPS) is 12.2. The highest BCUT2D eigenvalue weighted by Crippen LogP contribution is 2.37. The summed E-state index contributed by atoms with van der Waals surface area (Å²) in [5, 5.41) is 25.2. The van der Waals surface area contributed by atoms with Gasteiger partial charge in [0.25, 0.3) is 5.69 Å². The number of nitrogens with zero attached hydrogens (tertiary/aromatic N) is 2. The number of rotatable bonds is 4. The number of aromatic hydroxyl groups is 1. The van der Waals surface area contributed by atoms with Crippen molar-refractivity contribution in [1.29, 1.82) is 0 Å². The minimum Gasteiger partial charge on any atom is -0.506 e. The SMILES string of the molecule is CNN=C(c1ccc(C(F)(F)F)cc1[N+](=O)[O-])c1cc(Cl)cc(Cl)c1O. The molecule has 0 aliphatic rings. The first-order valence-electron chi connectivity index (χ1n) is 6.85. The van der Waals surface area contributed by atoms with Crippen LogP contribution in [0.2, 0.25) is 10.0 Å². The minimum absolute atomic E-state index is 0.0836. The van der Waals surface area contributed by atoms with Crippen molar-refractivity contribution >= 4 is 34.6 Å². The van der Waals surface area contributed by atoms with E-state index in [4.69, 9.17) is 23.2 Å². The molecule has 0 aromatic heterocycles. The minimum atomic E-state index is -4.76. The van der Waals surface area contributed by atoms with Crippen LogP contribution in [-0.2, 0) is 6.18 Å². The first-order valence-corrected chi connectivity index (χ1v) is 7.60. The van der Waals surface area contributed by atoms with Crippen LogP contribution in [0.5, 0.6) is 5.75 Å². The molecule has 0 heterocycles. The number of phenolic OH excluding ortho intramolecular Hbond substituents is 1. The van der Waals surface area contributed by atoms with Gasteiger partial charge in [0, 0.05) is 23.7 Å². The summed E-state index contributed by atoms with van der Waals surface area (Å²) in [5.41, 5.74) is -0.186. The maximum atomic E-state index is 12.9. The van der Waals surface area contributed by atoms with Gasteiger partial charge in [0.05, 0.1) is 21.1 Å². The summed E-state index contributed by atoms with van der Waals surface area (Å²) in [6, 6.07) is 4.44. The molecule has 6 nitrogen and oxygen atoms in total. The zero-order valence-corrected chi connectivity index (χ0v) is 14.4. The van der Waals surface area contributed by atoms with Gasteiger partial charge in [-0.15, -0.1) is 0 Å². The van der Waals surface area contributed by atoms with Crippen LogP contribution in [-0.4, -0.2) is 22.8 Å². The van der Waals surface area contributed by atoms with Gasteiger partial charge in [0.1, 0.15) is 11.5 Å². The molecule has 0 bridgehead atoms. The average molecular weight is 408 g/mol. The molecule has 2 N–H and O–H groups in total. The summed E-state index contributed by atoms with van der Waals surface area (Å²) in [5.74, 6) is -0.473. The van der Waals surface area contributed by atoms with E-state index in [1.54, 1.807) is 0 Å². The lowest BCUT2D eigenvalue weighted by molar-refractivity contribution is -0.385. The Morgan fingerprint density at radius 3 is 2.42 bits per heavy atom. The topological polar surface area (TPSA) is 87.8 Å². The van der Waals surface area contributed by atoms with Gasteiger partial charge >= 0.3 is 6.18 Å². The molecule has 2 aromatic carbocycles. The highest BCUT2D eigenvalue weighted by Gasteiger charge is 2.34. The number of phenols is 1. The van der Waals surface area contributed by atoms with Gasteiger partial charge in [-0.05, 0) is 24.3 Å². The van der Waals surface area contributed by atoms with Crippen molar-refractivity contribution < 1.29 is 23.2 Å². The van der Waals surface area contributed by atoms with Crippen LogP contribution >= 0.6 is 23.2 Å². The standard InChI is InChI=1S/C15H10Cl2F3N3O3/c1-21-22-13(10-5-8(16)6-11(17)14(10)24)9-3-2-7(15(18,19)20)4-12(9)23(25)26/h2-6,21,24H,1H3. The Morgan fingerprint density at radius 1 is 1.23 bits per heavy atom. The Morgan fingerprint density at radius 2 is 1.88 bits per heavy atom. The number of alkyl halides is 3. The Labute approximate surface area is 155 Å². The van der Waals surface area contributed by atoms with Gasteiger partial charge in [0.2, 0.25) is 0 Å². The molecule has 0 spiro atoms. The predicted molar refractivity (Wildman–Crippen MR) is 90.9 cm³/mol. The highest BCUT2D eigenvalue weighted by molar-refractivity contribution is 6.37. The van der Waals surface area contributed by atoms with Crippen molar-refractivity contribution in [2.75, 3.05) is 7.05 Å².